The van der Waals surface area contributed by atoms with Crippen molar-refractivity contribution in [1.29, 1.82) is 0 Å². The molecule has 2 amide bonds. The quantitative estimate of drug-likeness (QED) is 0.566. The predicted molar refractivity (Wildman–Crippen MR) is 127 cm³/mol. The topological polar surface area (TPSA) is 86.8 Å². The number of alkyl halides is 3. The third kappa shape index (κ3) is 5.88. The Bertz CT molecular complexity index is 1270. The number of halogens is 3. The van der Waals surface area contributed by atoms with Crippen LogP contribution in [0.3, 0.4) is 0 Å². The molecule has 7 nitrogen and oxygen atoms in total. The molecule has 2 atom stereocenters. The molecule has 0 aromatic heterocycles. The highest BCUT2D eigenvalue weighted by Gasteiger charge is 2.36. The van der Waals surface area contributed by atoms with Crippen LogP contribution in [0.2, 0.25) is 0 Å². The molecule has 11 heteroatoms. The summed E-state index contributed by atoms with van der Waals surface area (Å²) in [5.41, 5.74) is -0.186. The Morgan fingerprint density at radius 2 is 1.89 bits per heavy atom. The Balaban J connectivity index is 1.74. The Labute approximate surface area is 208 Å². The number of hydrogen-bond donors (Lipinski definition) is 1. The maximum atomic E-state index is 13.2. The highest BCUT2D eigenvalue weighted by Crippen LogP contribution is 2.30. The van der Waals surface area contributed by atoms with Gasteiger partial charge in [-0.2, -0.15) is 17.5 Å². The monoisotopic (exact) mass is 521 g/mol. The van der Waals surface area contributed by atoms with Crippen LogP contribution in [-0.4, -0.2) is 55.6 Å². The molecule has 0 aliphatic carbocycles. The molecule has 0 radical (unpaired) electrons. The van der Waals surface area contributed by atoms with Gasteiger partial charge in [-0.3, -0.25) is 9.59 Å². The number of sulfonamides is 1. The highest BCUT2D eigenvalue weighted by atomic mass is 32.2. The van der Waals surface area contributed by atoms with Gasteiger partial charge in [-0.25, -0.2) is 8.42 Å². The lowest BCUT2D eigenvalue weighted by Crippen LogP contribution is -2.46. The van der Waals surface area contributed by atoms with Gasteiger partial charge >= 0.3 is 6.18 Å². The molecule has 0 saturated carbocycles. The number of nitrogens with one attached hydrogen (secondary N) is 1. The van der Waals surface area contributed by atoms with E-state index in [4.69, 9.17) is 6.42 Å². The van der Waals surface area contributed by atoms with Gasteiger partial charge in [0.2, 0.25) is 15.9 Å². The fourth-order valence-corrected chi connectivity index (χ4v) is 5.12. The minimum atomic E-state index is -4.46. The van der Waals surface area contributed by atoms with E-state index >= 15 is 0 Å². The van der Waals surface area contributed by atoms with E-state index in [0.717, 1.165) is 16.4 Å². The van der Waals surface area contributed by atoms with Gasteiger partial charge in [-0.1, -0.05) is 24.1 Å². The predicted octanol–water partition coefficient (Wildman–Crippen LogP) is 3.44. The Morgan fingerprint density at radius 1 is 1.22 bits per heavy atom. The van der Waals surface area contributed by atoms with Gasteiger partial charge in [0, 0.05) is 19.2 Å². The summed E-state index contributed by atoms with van der Waals surface area (Å²) in [6, 6.07) is 8.65. The number of rotatable bonds is 7. The minimum absolute atomic E-state index is 0.0952. The van der Waals surface area contributed by atoms with Crippen LogP contribution in [0.15, 0.2) is 53.4 Å². The van der Waals surface area contributed by atoms with Gasteiger partial charge in [-0.15, -0.1) is 6.42 Å². The summed E-state index contributed by atoms with van der Waals surface area (Å²) in [5, 5.41) is 2.76. The number of hydrogen-bond acceptors (Lipinski definition) is 4. The summed E-state index contributed by atoms with van der Waals surface area (Å²) in [5.74, 6) is 1.32. The average molecular weight is 522 g/mol. The molecule has 1 heterocycles. The maximum Gasteiger partial charge on any atom is 0.416 e. The summed E-state index contributed by atoms with van der Waals surface area (Å²) in [6.45, 7) is 1.81. The second kappa shape index (κ2) is 10.7. The van der Waals surface area contributed by atoms with Crippen molar-refractivity contribution in [1.82, 2.24) is 14.5 Å². The van der Waals surface area contributed by atoms with Crippen LogP contribution in [0.4, 0.5) is 13.2 Å². The van der Waals surface area contributed by atoms with Crippen molar-refractivity contribution < 1.29 is 31.2 Å². The molecule has 192 valence electrons. The van der Waals surface area contributed by atoms with Crippen LogP contribution >= 0.6 is 0 Å². The van der Waals surface area contributed by atoms with E-state index in [1.54, 1.807) is 6.92 Å². The molecule has 0 bridgehead atoms. The standard InChI is InChI=1S/C25H26F3N3O4S/c1-4-14-30(3)36(34,35)21-8-5-7-19(16-21)24(33)31-15-6-9-22(31)23(32)29-17(2)18-10-12-20(13-11-18)25(26,27)28/h1,5,7-8,10-13,16-17,22H,6,9,14-15H2,2-3H3,(H,29,32)/t17?,22-/m1/s1. The first kappa shape index (κ1) is 27.2. The fraction of sp³-hybridized carbons (Fsp3) is 0.360. The van der Waals surface area contributed by atoms with E-state index in [0.29, 0.717) is 24.9 Å². The van der Waals surface area contributed by atoms with Crippen LogP contribution < -0.4 is 5.32 Å². The molecule has 0 spiro atoms. The maximum absolute atomic E-state index is 13.2. The zero-order valence-corrected chi connectivity index (χ0v) is 20.6. The van der Waals surface area contributed by atoms with E-state index in [-0.39, 0.29) is 17.0 Å². The molecule has 1 aliphatic rings. The first-order chi connectivity index (χ1) is 16.9. The highest BCUT2D eigenvalue weighted by molar-refractivity contribution is 7.89. The molecular formula is C25H26F3N3O4S. The number of amides is 2. The van der Waals surface area contributed by atoms with Gasteiger partial charge in [0.15, 0.2) is 0 Å². The molecule has 1 unspecified atom stereocenters. The van der Waals surface area contributed by atoms with E-state index < -0.39 is 45.7 Å². The number of benzene rings is 2. The van der Waals surface area contributed by atoms with Gasteiger partial charge in [0.05, 0.1) is 23.0 Å². The van der Waals surface area contributed by atoms with Gasteiger partial charge in [-0.05, 0) is 55.7 Å². The van der Waals surface area contributed by atoms with E-state index in [1.807, 2.05) is 0 Å². The number of nitrogens with zero attached hydrogens (tertiary/aromatic N) is 2. The molecule has 1 saturated heterocycles. The van der Waals surface area contributed by atoms with Gasteiger partial charge in [0.1, 0.15) is 6.04 Å². The second-order valence-corrected chi connectivity index (χ2v) is 10.5. The summed E-state index contributed by atoms with van der Waals surface area (Å²) >= 11 is 0. The van der Waals surface area contributed by atoms with Crippen molar-refractivity contribution >= 4 is 21.8 Å². The first-order valence-electron chi connectivity index (χ1n) is 11.1. The normalized spacial score (nSPS) is 17.0. The number of terminal acetylenes is 1. The Morgan fingerprint density at radius 3 is 2.50 bits per heavy atom. The summed E-state index contributed by atoms with van der Waals surface area (Å²) < 4.78 is 64.8. The molecule has 1 fully saturated rings. The minimum Gasteiger partial charge on any atom is -0.348 e. The van der Waals surface area contributed by atoms with Gasteiger partial charge < -0.3 is 10.2 Å². The third-order valence-corrected chi connectivity index (χ3v) is 7.82. The molecule has 1 aliphatic heterocycles. The lowest BCUT2D eigenvalue weighted by molar-refractivity contribution is -0.137. The van der Waals surface area contributed by atoms with Crippen LogP contribution in [0.5, 0.6) is 0 Å². The second-order valence-electron chi connectivity index (χ2n) is 8.50. The Kier molecular flexibility index (Phi) is 8.11. The third-order valence-electron chi connectivity index (χ3n) is 6.02. The molecular weight excluding hydrogens is 495 g/mol. The molecule has 2 aromatic carbocycles. The first-order valence-corrected chi connectivity index (χ1v) is 12.6. The lowest BCUT2D eigenvalue weighted by Gasteiger charge is -2.26. The van der Waals surface area contributed by atoms with Crippen LogP contribution in [0, 0.1) is 12.3 Å². The van der Waals surface area contributed by atoms with Gasteiger partial charge in [0.25, 0.3) is 5.91 Å². The molecule has 3 rings (SSSR count). The zero-order chi connectivity index (χ0) is 26.7. The number of carbonyl (C=O) groups excluding carboxylic acids is 2. The van der Waals surface area contributed by atoms with Crippen molar-refractivity contribution in [3.63, 3.8) is 0 Å². The summed E-state index contributed by atoms with van der Waals surface area (Å²) in [7, 11) is -2.56. The van der Waals surface area contributed by atoms with Crippen molar-refractivity contribution in [2.24, 2.45) is 0 Å². The van der Waals surface area contributed by atoms with E-state index in [1.165, 1.54) is 48.3 Å². The molecule has 2 aromatic rings. The SMILES string of the molecule is C#CCN(C)S(=O)(=O)c1cccc(C(=O)N2CCC[C@@H]2C(=O)NC(C)c2ccc(C(F)(F)F)cc2)c1. The number of likely N-dealkylation sites (tertiary alicyclic amines) is 1. The fourth-order valence-electron chi connectivity index (χ4n) is 3.98. The largest absolute Gasteiger partial charge is 0.416 e. The molecule has 1 N–H and O–H groups in total. The zero-order valence-electron chi connectivity index (χ0n) is 19.7. The molecule has 36 heavy (non-hydrogen) atoms. The van der Waals surface area contributed by atoms with Crippen molar-refractivity contribution in [3.05, 3.63) is 65.2 Å². The summed E-state index contributed by atoms with van der Waals surface area (Å²) in [6.07, 6.45) is 1.72. The van der Waals surface area contributed by atoms with Crippen molar-refractivity contribution in [2.45, 2.75) is 42.9 Å². The number of carbonyl (C=O) groups is 2. The van der Waals surface area contributed by atoms with E-state index in [2.05, 4.69) is 11.2 Å². The van der Waals surface area contributed by atoms with E-state index in [9.17, 15) is 31.2 Å². The van der Waals surface area contributed by atoms with Crippen molar-refractivity contribution in [2.75, 3.05) is 20.1 Å². The lowest BCUT2D eigenvalue weighted by atomic mass is 10.0. The smallest absolute Gasteiger partial charge is 0.348 e. The van der Waals surface area contributed by atoms with Crippen LogP contribution in [0.1, 0.15) is 47.3 Å². The summed E-state index contributed by atoms with van der Waals surface area (Å²) in [4.78, 5) is 27.5. The van der Waals surface area contributed by atoms with Crippen LogP contribution in [-0.2, 0) is 21.0 Å². The Hall–Kier alpha value is -3.36. The van der Waals surface area contributed by atoms with Crippen LogP contribution in [0.25, 0.3) is 0 Å². The van der Waals surface area contributed by atoms with Crippen molar-refractivity contribution in [3.8, 4) is 12.3 Å². The average Bonchev–Trinajstić information content (AvgIpc) is 3.33.